The van der Waals surface area contributed by atoms with E-state index in [0.717, 1.165) is 25.6 Å². The highest BCUT2D eigenvalue weighted by atomic mass is 16.2. The Labute approximate surface area is 104 Å². The molecule has 0 aromatic rings. The molecule has 2 aliphatic carbocycles. The molecule has 96 valence electrons. The Balaban J connectivity index is 1.55. The van der Waals surface area contributed by atoms with E-state index < -0.39 is 0 Å². The first kappa shape index (κ1) is 11.5. The topological polar surface area (TPSA) is 23.6 Å². The summed E-state index contributed by atoms with van der Waals surface area (Å²) in [7, 11) is 4.34. The largest absolute Gasteiger partial charge is 0.342 e. The van der Waals surface area contributed by atoms with Gasteiger partial charge < -0.3 is 9.80 Å². The molecular weight excluding hydrogens is 212 g/mol. The summed E-state index contributed by atoms with van der Waals surface area (Å²) in [5.74, 6) is 1.47. The van der Waals surface area contributed by atoms with Crippen LogP contribution in [0.5, 0.6) is 0 Å². The van der Waals surface area contributed by atoms with Crippen molar-refractivity contribution >= 4 is 5.91 Å². The van der Waals surface area contributed by atoms with Gasteiger partial charge in [0, 0.05) is 25.0 Å². The van der Waals surface area contributed by atoms with Gasteiger partial charge in [-0.15, -0.1) is 0 Å². The summed E-state index contributed by atoms with van der Waals surface area (Å²) in [6.45, 7) is 4.25. The van der Waals surface area contributed by atoms with E-state index in [1.165, 1.54) is 19.3 Å². The number of nitrogens with zero attached hydrogens (tertiary/aromatic N) is 2. The average molecular weight is 236 g/mol. The maximum atomic E-state index is 12.2. The monoisotopic (exact) mass is 236 g/mol. The molecule has 2 atom stereocenters. The van der Waals surface area contributed by atoms with Crippen molar-refractivity contribution in [2.24, 2.45) is 17.3 Å². The molecule has 3 aliphatic rings. The third-order valence-electron chi connectivity index (χ3n) is 5.24. The van der Waals surface area contributed by atoms with Gasteiger partial charge >= 0.3 is 0 Å². The quantitative estimate of drug-likeness (QED) is 0.727. The summed E-state index contributed by atoms with van der Waals surface area (Å²) in [5.41, 5.74) is 0.489. The molecule has 0 radical (unpaired) electrons. The van der Waals surface area contributed by atoms with Crippen molar-refractivity contribution < 1.29 is 4.79 Å². The molecule has 2 saturated carbocycles. The standard InChI is InChI=1S/C14H24N2O/c1-10-6-12(10)13(17)16-5-4-14(9-16)7-11(8-14)15(2)3/h10-12H,4-9H2,1-3H3/t10-,11?,12-,14?/m1/s1. The van der Waals surface area contributed by atoms with Gasteiger partial charge in [-0.3, -0.25) is 4.79 Å². The molecule has 0 bridgehead atoms. The van der Waals surface area contributed by atoms with Gasteiger partial charge in [0.25, 0.3) is 0 Å². The van der Waals surface area contributed by atoms with Crippen LogP contribution in [-0.2, 0) is 4.79 Å². The first-order valence-electron chi connectivity index (χ1n) is 6.96. The number of rotatable bonds is 2. The Morgan fingerprint density at radius 2 is 2.00 bits per heavy atom. The van der Waals surface area contributed by atoms with Crippen LogP contribution >= 0.6 is 0 Å². The van der Waals surface area contributed by atoms with Crippen LogP contribution in [0.2, 0.25) is 0 Å². The highest BCUT2D eigenvalue weighted by molar-refractivity contribution is 5.82. The Hall–Kier alpha value is -0.570. The lowest BCUT2D eigenvalue weighted by Gasteiger charge is -2.48. The summed E-state index contributed by atoms with van der Waals surface area (Å²) in [6.07, 6.45) is 4.96. The van der Waals surface area contributed by atoms with Gasteiger partial charge in [-0.2, -0.15) is 0 Å². The second kappa shape index (κ2) is 3.71. The van der Waals surface area contributed by atoms with E-state index >= 15 is 0 Å². The zero-order valence-corrected chi connectivity index (χ0v) is 11.3. The Morgan fingerprint density at radius 3 is 2.53 bits per heavy atom. The first-order chi connectivity index (χ1) is 8.01. The highest BCUT2D eigenvalue weighted by Crippen LogP contribution is 2.51. The predicted molar refractivity (Wildman–Crippen MR) is 67.6 cm³/mol. The number of hydrogen-bond acceptors (Lipinski definition) is 2. The van der Waals surface area contributed by atoms with Gasteiger partial charge in [0.1, 0.15) is 0 Å². The summed E-state index contributed by atoms with van der Waals surface area (Å²) in [6, 6.07) is 0.755. The van der Waals surface area contributed by atoms with Crippen molar-refractivity contribution in [1.82, 2.24) is 9.80 Å². The number of likely N-dealkylation sites (tertiary alicyclic amines) is 1. The average Bonchev–Trinajstić information content (AvgIpc) is 2.79. The molecular formula is C14H24N2O. The van der Waals surface area contributed by atoms with E-state index in [9.17, 15) is 4.79 Å². The van der Waals surface area contributed by atoms with Crippen molar-refractivity contribution in [3.8, 4) is 0 Å². The second-order valence-electron chi connectivity index (χ2n) is 6.85. The van der Waals surface area contributed by atoms with Gasteiger partial charge in [-0.25, -0.2) is 0 Å². The zero-order chi connectivity index (χ0) is 12.2. The molecule has 1 heterocycles. The van der Waals surface area contributed by atoms with Crippen LogP contribution in [0.3, 0.4) is 0 Å². The van der Waals surface area contributed by atoms with E-state index in [2.05, 4.69) is 30.8 Å². The minimum absolute atomic E-state index is 0.370. The van der Waals surface area contributed by atoms with Gasteiger partial charge in [-0.05, 0) is 51.1 Å². The van der Waals surface area contributed by atoms with Gasteiger partial charge in [0.05, 0.1) is 0 Å². The molecule has 3 nitrogen and oxygen atoms in total. The van der Waals surface area contributed by atoms with Crippen LogP contribution in [0.25, 0.3) is 0 Å². The number of carbonyl (C=O) groups is 1. The molecule has 1 amide bonds. The fourth-order valence-corrected chi connectivity index (χ4v) is 3.66. The van der Waals surface area contributed by atoms with Crippen molar-refractivity contribution in [2.45, 2.75) is 38.6 Å². The van der Waals surface area contributed by atoms with Crippen LogP contribution in [0.4, 0.5) is 0 Å². The lowest BCUT2D eigenvalue weighted by molar-refractivity contribution is -0.132. The lowest BCUT2D eigenvalue weighted by atomic mass is 9.64. The smallest absolute Gasteiger partial charge is 0.225 e. The number of hydrogen-bond donors (Lipinski definition) is 0. The molecule has 0 N–H and O–H groups in total. The van der Waals surface area contributed by atoms with E-state index in [-0.39, 0.29) is 0 Å². The summed E-state index contributed by atoms with van der Waals surface area (Å²) < 4.78 is 0. The predicted octanol–water partition coefficient (Wildman–Crippen LogP) is 1.59. The highest BCUT2D eigenvalue weighted by Gasteiger charge is 2.52. The zero-order valence-electron chi connectivity index (χ0n) is 11.3. The van der Waals surface area contributed by atoms with Crippen LogP contribution in [0, 0.1) is 17.3 Å². The molecule has 1 spiro atoms. The molecule has 17 heavy (non-hydrogen) atoms. The van der Waals surface area contributed by atoms with E-state index in [1.807, 2.05) is 0 Å². The molecule has 1 saturated heterocycles. The van der Waals surface area contributed by atoms with E-state index in [4.69, 9.17) is 0 Å². The van der Waals surface area contributed by atoms with Crippen LogP contribution < -0.4 is 0 Å². The maximum Gasteiger partial charge on any atom is 0.225 e. The van der Waals surface area contributed by atoms with Crippen molar-refractivity contribution in [3.63, 3.8) is 0 Å². The number of amides is 1. The summed E-state index contributed by atoms with van der Waals surface area (Å²) in [5, 5.41) is 0. The third-order valence-corrected chi connectivity index (χ3v) is 5.24. The normalized spacial score (nSPS) is 44.2. The molecule has 3 heteroatoms. The summed E-state index contributed by atoms with van der Waals surface area (Å²) >= 11 is 0. The molecule has 1 aliphatic heterocycles. The van der Waals surface area contributed by atoms with E-state index in [0.29, 0.717) is 23.2 Å². The molecule has 0 aromatic heterocycles. The first-order valence-corrected chi connectivity index (χ1v) is 6.96. The lowest BCUT2D eigenvalue weighted by Crippen LogP contribution is -2.50. The fraction of sp³-hybridized carbons (Fsp3) is 0.929. The van der Waals surface area contributed by atoms with E-state index in [1.54, 1.807) is 0 Å². The molecule has 0 unspecified atom stereocenters. The maximum absolute atomic E-state index is 12.2. The third kappa shape index (κ3) is 1.88. The molecule has 0 aromatic carbocycles. The van der Waals surface area contributed by atoms with Gasteiger partial charge in [-0.1, -0.05) is 6.92 Å². The summed E-state index contributed by atoms with van der Waals surface area (Å²) in [4.78, 5) is 16.7. The van der Waals surface area contributed by atoms with Crippen molar-refractivity contribution in [1.29, 1.82) is 0 Å². The van der Waals surface area contributed by atoms with Crippen molar-refractivity contribution in [3.05, 3.63) is 0 Å². The Kier molecular flexibility index (Phi) is 2.51. The SMILES string of the molecule is C[C@@H]1C[C@H]1C(=O)N1CCC2(CC(N(C)C)C2)C1. The second-order valence-corrected chi connectivity index (χ2v) is 6.85. The minimum atomic E-state index is 0.370. The fourth-order valence-electron chi connectivity index (χ4n) is 3.66. The van der Waals surface area contributed by atoms with Crippen LogP contribution in [-0.4, -0.2) is 48.9 Å². The Bertz CT molecular complexity index is 333. The minimum Gasteiger partial charge on any atom is -0.342 e. The number of carbonyl (C=O) groups excluding carboxylic acids is 1. The van der Waals surface area contributed by atoms with Crippen LogP contribution in [0.1, 0.15) is 32.6 Å². The van der Waals surface area contributed by atoms with Gasteiger partial charge in [0.2, 0.25) is 5.91 Å². The molecule has 3 rings (SSSR count). The molecule has 3 fully saturated rings. The Morgan fingerprint density at radius 1 is 1.35 bits per heavy atom. The van der Waals surface area contributed by atoms with Crippen LogP contribution in [0.15, 0.2) is 0 Å². The van der Waals surface area contributed by atoms with Gasteiger partial charge in [0.15, 0.2) is 0 Å². The van der Waals surface area contributed by atoms with Crippen molar-refractivity contribution in [2.75, 3.05) is 27.2 Å².